The van der Waals surface area contributed by atoms with E-state index in [1.807, 2.05) is 32.0 Å². The second-order valence-electron chi connectivity index (χ2n) is 9.35. The number of benzene rings is 2. The van der Waals surface area contributed by atoms with Crippen LogP contribution in [0.5, 0.6) is 0 Å². The lowest BCUT2D eigenvalue weighted by atomic mass is 10.1. The highest BCUT2D eigenvalue weighted by Gasteiger charge is 2.22. The Bertz CT molecular complexity index is 1750. The van der Waals surface area contributed by atoms with E-state index in [4.69, 9.17) is 0 Å². The van der Waals surface area contributed by atoms with Gasteiger partial charge in [0.25, 0.3) is 11.5 Å². The first-order chi connectivity index (χ1) is 19.0. The zero-order valence-electron chi connectivity index (χ0n) is 22.9. The number of aryl methyl sites for hydroxylation is 3. The van der Waals surface area contributed by atoms with Gasteiger partial charge in [-0.1, -0.05) is 31.5 Å². The van der Waals surface area contributed by atoms with Gasteiger partial charge in [0, 0.05) is 24.5 Å². The summed E-state index contributed by atoms with van der Waals surface area (Å²) in [5.41, 5.74) is 3.16. The summed E-state index contributed by atoms with van der Waals surface area (Å²) in [4.78, 5) is 44.2. The van der Waals surface area contributed by atoms with Gasteiger partial charge in [-0.05, 0) is 62.2 Å². The molecule has 10 nitrogen and oxygen atoms in total. The second-order valence-corrected chi connectivity index (χ2v) is 12.3. The van der Waals surface area contributed by atoms with Gasteiger partial charge < -0.3 is 10.6 Å². The number of nitrogens with one attached hydrogen (secondary N) is 2. The number of sulfonamides is 1. The number of hydrogen-bond acceptors (Lipinski definition) is 7. The molecule has 12 heteroatoms. The van der Waals surface area contributed by atoms with Gasteiger partial charge in [-0.3, -0.25) is 19.0 Å². The summed E-state index contributed by atoms with van der Waals surface area (Å²) in [7, 11) is -3.61. The first-order valence-corrected chi connectivity index (χ1v) is 15.0. The van der Waals surface area contributed by atoms with Crippen LogP contribution < -0.4 is 16.2 Å². The second kappa shape index (κ2) is 11.7. The van der Waals surface area contributed by atoms with Gasteiger partial charge in [0.1, 0.15) is 11.4 Å². The van der Waals surface area contributed by atoms with Gasteiger partial charge in [0.2, 0.25) is 15.9 Å². The molecule has 2 aromatic carbocycles. The monoisotopic (exact) mass is 581 g/mol. The molecule has 0 unspecified atom stereocenters. The van der Waals surface area contributed by atoms with Crippen molar-refractivity contribution in [2.75, 3.05) is 23.7 Å². The summed E-state index contributed by atoms with van der Waals surface area (Å²) in [5.74, 6) is -0.814. The molecule has 0 aliphatic rings. The maximum atomic E-state index is 13.2. The van der Waals surface area contributed by atoms with Crippen molar-refractivity contribution >= 4 is 54.8 Å². The van der Waals surface area contributed by atoms with E-state index in [2.05, 4.69) is 15.6 Å². The molecule has 0 aliphatic heterocycles. The first kappa shape index (κ1) is 29.1. The zero-order valence-corrected chi connectivity index (χ0v) is 24.6. The van der Waals surface area contributed by atoms with Crippen LogP contribution in [0.3, 0.4) is 0 Å². The van der Waals surface area contributed by atoms with E-state index < -0.39 is 21.5 Å². The number of fused-ring (bicyclic) bond motifs is 1. The van der Waals surface area contributed by atoms with Crippen molar-refractivity contribution in [1.29, 1.82) is 0 Å². The van der Waals surface area contributed by atoms with Gasteiger partial charge >= 0.3 is 0 Å². The average Bonchev–Trinajstić information content (AvgIpc) is 3.25. The Labute approximate surface area is 236 Å². The Morgan fingerprint density at radius 3 is 2.30 bits per heavy atom. The number of carbonyl (C=O) groups is 2. The number of thiophene rings is 1. The van der Waals surface area contributed by atoms with Gasteiger partial charge in [0.05, 0.1) is 21.5 Å². The van der Waals surface area contributed by atoms with Gasteiger partial charge in [-0.25, -0.2) is 13.4 Å². The van der Waals surface area contributed by atoms with Crippen molar-refractivity contribution in [1.82, 2.24) is 13.9 Å². The molecular formula is C28H31N5O5S2. The lowest BCUT2D eigenvalue weighted by Gasteiger charge is -2.18. The molecule has 2 aromatic heterocycles. The minimum atomic E-state index is -3.61. The molecular weight excluding hydrogens is 550 g/mol. The lowest BCUT2D eigenvalue weighted by Crippen LogP contribution is -2.30. The van der Waals surface area contributed by atoms with Crippen molar-refractivity contribution in [2.45, 2.75) is 46.1 Å². The Balaban J connectivity index is 1.51. The summed E-state index contributed by atoms with van der Waals surface area (Å²) in [6.45, 7) is 9.51. The molecule has 0 saturated heterocycles. The van der Waals surface area contributed by atoms with Gasteiger partial charge in [-0.2, -0.15) is 4.31 Å². The minimum absolute atomic E-state index is 0.130. The number of nitrogens with zero attached hydrogens (tertiary/aromatic N) is 3. The Morgan fingerprint density at radius 2 is 1.68 bits per heavy atom. The zero-order chi connectivity index (χ0) is 29.2. The smallest absolute Gasteiger partial charge is 0.266 e. The van der Waals surface area contributed by atoms with E-state index >= 15 is 0 Å². The molecule has 2 heterocycles. The predicted octanol–water partition coefficient (Wildman–Crippen LogP) is 4.30. The van der Waals surface area contributed by atoms with Gasteiger partial charge in [-0.15, -0.1) is 11.3 Å². The van der Waals surface area contributed by atoms with E-state index in [0.717, 1.165) is 22.5 Å². The summed E-state index contributed by atoms with van der Waals surface area (Å²) in [5, 5.41) is 5.87. The number of amides is 2. The van der Waals surface area contributed by atoms with Crippen LogP contribution in [0.2, 0.25) is 0 Å². The highest BCUT2D eigenvalue weighted by atomic mass is 32.2. The Hall–Kier alpha value is -3.87. The molecule has 0 radical (unpaired) electrons. The topological polar surface area (TPSA) is 130 Å². The molecule has 4 rings (SSSR count). The molecule has 0 bridgehead atoms. The normalized spacial score (nSPS) is 11.7. The van der Waals surface area contributed by atoms with Crippen LogP contribution >= 0.6 is 11.3 Å². The largest absolute Gasteiger partial charge is 0.325 e. The van der Waals surface area contributed by atoms with Crippen molar-refractivity contribution in [3.05, 3.63) is 80.7 Å². The molecule has 2 amide bonds. The van der Waals surface area contributed by atoms with Crippen molar-refractivity contribution in [3.8, 4) is 0 Å². The van der Waals surface area contributed by atoms with Crippen LogP contribution in [0, 0.1) is 20.8 Å². The molecule has 0 fully saturated rings. The summed E-state index contributed by atoms with van der Waals surface area (Å²) < 4.78 is 27.9. The fourth-order valence-corrected chi connectivity index (χ4v) is 6.89. The summed E-state index contributed by atoms with van der Waals surface area (Å²) in [6.07, 6.45) is 1.28. The maximum Gasteiger partial charge on any atom is 0.266 e. The quantitative estimate of drug-likeness (QED) is 0.303. The van der Waals surface area contributed by atoms with E-state index in [9.17, 15) is 22.8 Å². The van der Waals surface area contributed by atoms with Crippen molar-refractivity contribution in [2.24, 2.45) is 0 Å². The summed E-state index contributed by atoms with van der Waals surface area (Å²) in [6, 6.07) is 11.6. The molecule has 210 valence electrons. The first-order valence-electron chi connectivity index (χ1n) is 12.7. The number of carbonyl (C=O) groups excluding carboxylic acids is 2. The molecule has 40 heavy (non-hydrogen) atoms. The number of anilines is 2. The Morgan fingerprint density at radius 1 is 1.00 bits per heavy atom. The minimum Gasteiger partial charge on any atom is -0.325 e. The third kappa shape index (κ3) is 5.83. The van der Waals surface area contributed by atoms with E-state index in [1.54, 1.807) is 20.8 Å². The van der Waals surface area contributed by atoms with Crippen LogP contribution in [-0.4, -0.2) is 47.2 Å². The van der Waals surface area contributed by atoms with Crippen molar-refractivity contribution in [3.63, 3.8) is 0 Å². The third-order valence-corrected chi connectivity index (χ3v) is 9.81. The fourth-order valence-electron chi connectivity index (χ4n) is 4.40. The maximum absolute atomic E-state index is 13.2. The molecule has 0 atom stereocenters. The molecule has 2 N–H and O–H groups in total. The van der Waals surface area contributed by atoms with Crippen LogP contribution in [0.25, 0.3) is 10.2 Å². The number of hydrogen-bond donors (Lipinski definition) is 2. The van der Waals surface area contributed by atoms with Crippen LogP contribution in [0.1, 0.15) is 40.2 Å². The molecule has 0 spiro atoms. The summed E-state index contributed by atoms with van der Waals surface area (Å²) >= 11 is 1.12. The van der Waals surface area contributed by atoms with Crippen molar-refractivity contribution < 1.29 is 18.0 Å². The Kier molecular flexibility index (Phi) is 8.52. The number of rotatable bonds is 9. The standard InChI is InChI=1S/C28H31N5O5S2/c1-6-33(7-2)40(37,38)21-11-9-20(10-12-21)30-23(34)15-32-16-29-27-24(28(32)36)19(5)25(39-27)26(35)31-22-13-8-17(3)14-18(22)4/h8-14,16H,6-7,15H2,1-5H3,(H,30,34)(H,31,35). The van der Waals surface area contributed by atoms with E-state index in [-0.39, 0.29) is 22.7 Å². The van der Waals surface area contributed by atoms with Crippen LogP contribution in [-0.2, 0) is 21.4 Å². The van der Waals surface area contributed by atoms with Crippen LogP contribution in [0.15, 0.2) is 58.5 Å². The fraction of sp³-hybridized carbons (Fsp3) is 0.286. The van der Waals surface area contributed by atoms with E-state index in [0.29, 0.717) is 39.7 Å². The highest BCUT2D eigenvalue weighted by molar-refractivity contribution is 7.89. The SMILES string of the molecule is CCN(CC)S(=O)(=O)c1ccc(NC(=O)Cn2cnc3sc(C(=O)Nc4ccc(C)cc4C)c(C)c3c2=O)cc1. The third-order valence-electron chi connectivity index (χ3n) is 6.55. The van der Waals surface area contributed by atoms with Crippen LogP contribution in [0.4, 0.5) is 11.4 Å². The van der Waals surface area contributed by atoms with Gasteiger partial charge in [0.15, 0.2) is 0 Å². The predicted molar refractivity (Wildman–Crippen MR) is 158 cm³/mol. The average molecular weight is 582 g/mol. The lowest BCUT2D eigenvalue weighted by molar-refractivity contribution is -0.116. The molecule has 0 aliphatic carbocycles. The highest BCUT2D eigenvalue weighted by Crippen LogP contribution is 2.28. The molecule has 0 saturated carbocycles. The van der Waals surface area contributed by atoms with E-state index in [1.165, 1.54) is 39.5 Å². The molecule has 4 aromatic rings. The number of aromatic nitrogens is 2.